The summed E-state index contributed by atoms with van der Waals surface area (Å²) in [7, 11) is 0. The topological polar surface area (TPSA) is 49.3 Å². The van der Waals surface area contributed by atoms with E-state index in [0.29, 0.717) is 12.1 Å². The lowest BCUT2D eigenvalue weighted by Crippen LogP contribution is -2.20. The van der Waals surface area contributed by atoms with Crippen LogP contribution < -0.4 is 5.32 Å². The molecule has 96 valence electrons. The monoisotopic (exact) mass is 253 g/mol. The zero-order valence-electron chi connectivity index (χ0n) is 10.4. The predicted octanol–water partition coefficient (Wildman–Crippen LogP) is 2.90. The van der Waals surface area contributed by atoms with Crippen molar-refractivity contribution in [2.45, 2.75) is 6.54 Å². The normalized spacial score (nSPS) is 11.1. The number of hydrogen-bond acceptors (Lipinski definition) is 2. The molecule has 2 rings (SSSR count). The number of hydrogen-bond donors (Lipinski definition) is 2. The van der Waals surface area contributed by atoms with Crippen LogP contribution in [0.4, 0.5) is 0 Å². The van der Waals surface area contributed by atoms with Crippen molar-refractivity contribution >= 4 is 11.7 Å². The summed E-state index contributed by atoms with van der Waals surface area (Å²) in [6.45, 7) is 0.443. The zero-order valence-corrected chi connectivity index (χ0v) is 10.4. The average molecular weight is 253 g/mol. The molecule has 0 unspecified atom stereocenters. The Balaban J connectivity index is 1.94. The van der Waals surface area contributed by atoms with Crippen LogP contribution in [0.5, 0.6) is 0 Å². The maximum Gasteiger partial charge on any atom is 0.247 e. The molecule has 0 radical (unpaired) electrons. The second kappa shape index (κ2) is 6.40. The minimum atomic E-state index is -0.315. The standard InChI is InChI=1S/C16H15NO2/c18-15(14-9-5-2-6-10-14)11-16(19)17-12-13-7-3-1-4-8-13/h1-11,18H,12H2,(H,17,19)/b15-11-. The summed E-state index contributed by atoms with van der Waals surface area (Å²) in [5.74, 6) is -0.351. The number of rotatable bonds is 4. The smallest absolute Gasteiger partial charge is 0.247 e. The predicted molar refractivity (Wildman–Crippen MR) is 75.3 cm³/mol. The van der Waals surface area contributed by atoms with Crippen molar-refractivity contribution in [3.05, 3.63) is 77.9 Å². The minimum Gasteiger partial charge on any atom is -0.507 e. The second-order valence-electron chi connectivity index (χ2n) is 4.10. The van der Waals surface area contributed by atoms with Gasteiger partial charge in [0.05, 0.1) is 0 Å². The number of aliphatic hydroxyl groups excluding tert-OH is 1. The molecule has 1 amide bonds. The van der Waals surface area contributed by atoms with Crippen molar-refractivity contribution in [2.24, 2.45) is 0 Å². The fourth-order valence-corrected chi connectivity index (χ4v) is 1.65. The first-order chi connectivity index (χ1) is 9.25. The molecule has 3 nitrogen and oxygen atoms in total. The van der Waals surface area contributed by atoms with Gasteiger partial charge in [0.15, 0.2) is 0 Å². The Labute approximate surface area is 112 Å². The highest BCUT2D eigenvalue weighted by molar-refractivity contribution is 5.93. The quantitative estimate of drug-likeness (QED) is 0.650. The van der Waals surface area contributed by atoms with E-state index >= 15 is 0 Å². The summed E-state index contributed by atoms with van der Waals surface area (Å²) in [4.78, 5) is 11.7. The Kier molecular flexibility index (Phi) is 4.34. The lowest BCUT2D eigenvalue weighted by molar-refractivity contribution is -0.116. The van der Waals surface area contributed by atoms with Crippen LogP contribution in [0.15, 0.2) is 66.7 Å². The molecule has 0 spiro atoms. The molecular weight excluding hydrogens is 238 g/mol. The molecule has 2 aromatic rings. The van der Waals surface area contributed by atoms with Gasteiger partial charge in [0.2, 0.25) is 5.91 Å². The van der Waals surface area contributed by atoms with Gasteiger partial charge in [-0.1, -0.05) is 60.7 Å². The summed E-state index contributed by atoms with van der Waals surface area (Å²) in [5.41, 5.74) is 1.64. The first-order valence-electron chi connectivity index (χ1n) is 6.03. The average Bonchev–Trinajstić information content (AvgIpc) is 2.47. The molecule has 2 aromatic carbocycles. The Morgan fingerprint density at radius 1 is 1.00 bits per heavy atom. The second-order valence-corrected chi connectivity index (χ2v) is 4.10. The fourth-order valence-electron chi connectivity index (χ4n) is 1.65. The summed E-state index contributed by atoms with van der Waals surface area (Å²) in [6, 6.07) is 18.6. The highest BCUT2D eigenvalue weighted by Crippen LogP contribution is 2.09. The molecular formula is C16H15NO2. The highest BCUT2D eigenvalue weighted by Gasteiger charge is 2.02. The Morgan fingerprint density at radius 3 is 2.21 bits per heavy atom. The lowest BCUT2D eigenvalue weighted by Gasteiger charge is -2.03. The molecule has 0 aliphatic heterocycles. The molecule has 0 saturated carbocycles. The van der Waals surface area contributed by atoms with Gasteiger partial charge in [0, 0.05) is 18.2 Å². The summed E-state index contributed by atoms with van der Waals surface area (Å²) >= 11 is 0. The molecule has 0 aromatic heterocycles. The van der Waals surface area contributed by atoms with Gasteiger partial charge in [-0.25, -0.2) is 0 Å². The van der Waals surface area contributed by atoms with E-state index in [1.165, 1.54) is 6.08 Å². The van der Waals surface area contributed by atoms with Crippen molar-refractivity contribution in [3.8, 4) is 0 Å². The molecule has 19 heavy (non-hydrogen) atoms. The number of carbonyl (C=O) groups excluding carboxylic acids is 1. The molecule has 0 fully saturated rings. The van der Waals surface area contributed by atoms with Crippen molar-refractivity contribution in [1.29, 1.82) is 0 Å². The molecule has 0 heterocycles. The summed E-state index contributed by atoms with van der Waals surface area (Å²) in [6.07, 6.45) is 1.19. The van der Waals surface area contributed by atoms with E-state index in [1.807, 2.05) is 36.4 Å². The van der Waals surface area contributed by atoms with Gasteiger partial charge in [-0.05, 0) is 5.56 Å². The number of aliphatic hydroxyl groups is 1. The minimum absolute atomic E-state index is 0.0360. The first kappa shape index (κ1) is 12.9. The van der Waals surface area contributed by atoms with Crippen LogP contribution in [0.1, 0.15) is 11.1 Å². The van der Waals surface area contributed by atoms with Gasteiger partial charge < -0.3 is 10.4 Å². The van der Waals surface area contributed by atoms with E-state index in [-0.39, 0.29) is 11.7 Å². The van der Waals surface area contributed by atoms with Crippen LogP contribution in [-0.2, 0) is 11.3 Å². The summed E-state index contributed by atoms with van der Waals surface area (Å²) in [5, 5.41) is 12.5. The Bertz CT molecular complexity index is 562. The van der Waals surface area contributed by atoms with E-state index in [2.05, 4.69) is 5.32 Å². The van der Waals surface area contributed by atoms with Crippen LogP contribution in [0.2, 0.25) is 0 Å². The van der Waals surface area contributed by atoms with Crippen molar-refractivity contribution in [3.63, 3.8) is 0 Å². The molecule has 0 aliphatic carbocycles. The fraction of sp³-hybridized carbons (Fsp3) is 0.0625. The van der Waals surface area contributed by atoms with Crippen LogP contribution >= 0.6 is 0 Å². The van der Waals surface area contributed by atoms with Gasteiger partial charge in [-0.15, -0.1) is 0 Å². The Morgan fingerprint density at radius 2 is 1.58 bits per heavy atom. The van der Waals surface area contributed by atoms with Gasteiger partial charge >= 0.3 is 0 Å². The maximum absolute atomic E-state index is 11.7. The van der Waals surface area contributed by atoms with Crippen LogP contribution in [-0.4, -0.2) is 11.0 Å². The largest absolute Gasteiger partial charge is 0.507 e. The lowest BCUT2D eigenvalue weighted by atomic mass is 10.2. The van der Waals surface area contributed by atoms with Crippen LogP contribution in [0.3, 0.4) is 0 Å². The van der Waals surface area contributed by atoms with Crippen LogP contribution in [0, 0.1) is 0 Å². The SMILES string of the molecule is O=C(/C=C(\O)c1ccccc1)NCc1ccccc1. The van der Waals surface area contributed by atoms with Crippen molar-refractivity contribution < 1.29 is 9.90 Å². The van der Waals surface area contributed by atoms with Crippen LogP contribution in [0.25, 0.3) is 5.76 Å². The number of amides is 1. The van der Waals surface area contributed by atoms with Gasteiger partial charge in [0.1, 0.15) is 5.76 Å². The molecule has 0 aliphatic rings. The maximum atomic E-state index is 11.7. The molecule has 0 atom stereocenters. The molecule has 0 bridgehead atoms. The first-order valence-corrected chi connectivity index (χ1v) is 6.03. The number of carbonyl (C=O) groups is 1. The van der Waals surface area contributed by atoms with Crippen molar-refractivity contribution in [2.75, 3.05) is 0 Å². The number of nitrogens with one attached hydrogen (secondary N) is 1. The van der Waals surface area contributed by atoms with Gasteiger partial charge in [-0.3, -0.25) is 4.79 Å². The molecule has 0 saturated heterocycles. The van der Waals surface area contributed by atoms with E-state index in [4.69, 9.17) is 0 Å². The van der Waals surface area contributed by atoms with Crippen molar-refractivity contribution in [1.82, 2.24) is 5.32 Å². The van der Waals surface area contributed by atoms with E-state index in [0.717, 1.165) is 5.56 Å². The van der Waals surface area contributed by atoms with E-state index < -0.39 is 0 Å². The third kappa shape index (κ3) is 4.00. The number of benzene rings is 2. The zero-order chi connectivity index (χ0) is 13.5. The third-order valence-corrected chi connectivity index (χ3v) is 2.65. The Hall–Kier alpha value is -2.55. The van der Waals surface area contributed by atoms with Gasteiger partial charge in [-0.2, -0.15) is 0 Å². The highest BCUT2D eigenvalue weighted by atomic mass is 16.3. The van der Waals surface area contributed by atoms with E-state index in [9.17, 15) is 9.90 Å². The van der Waals surface area contributed by atoms with Gasteiger partial charge in [0.25, 0.3) is 0 Å². The van der Waals surface area contributed by atoms with E-state index in [1.54, 1.807) is 24.3 Å². The molecule has 3 heteroatoms. The third-order valence-electron chi connectivity index (χ3n) is 2.65. The summed E-state index contributed by atoms with van der Waals surface area (Å²) < 4.78 is 0. The molecule has 2 N–H and O–H groups in total.